The predicted molar refractivity (Wildman–Crippen MR) is 68.4 cm³/mol. The topological polar surface area (TPSA) is 45.9 Å². The number of nitriles is 1. The molecule has 0 bridgehead atoms. The number of ether oxygens (including phenoxy) is 1. The summed E-state index contributed by atoms with van der Waals surface area (Å²) in [6, 6.07) is 4.00. The Hall–Kier alpha value is -1.12. The second-order valence-electron chi connectivity index (χ2n) is 3.10. The fourth-order valence-corrected chi connectivity index (χ4v) is 3.21. The number of rotatable bonds is 1. The van der Waals surface area contributed by atoms with E-state index in [4.69, 9.17) is 10.00 Å². The zero-order chi connectivity index (χ0) is 11.7. The number of nitrogens with zero attached hydrogens (tertiary/aromatic N) is 2. The van der Waals surface area contributed by atoms with Crippen LogP contribution in [-0.4, -0.2) is 12.1 Å². The van der Waals surface area contributed by atoms with Gasteiger partial charge in [-0.1, -0.05) is 0 Å². The molecule has 0 saturated heterocycles. The molecule has 2 aromatic rings. The third-order valence-electron chi connectivity index (χ3n) is 2.22. The Morgan fingerprint density at radius 1 is 1.38 bits per heavy atom. The van der Waals surface area contributed by atoms with Gasteiger partial charge in [-0.2, -0.15) is 5.26 Å². The van der Waals surface area contributed by atoms with Crippen molar-refractivity contribution in [3.8, 4) is 11.8 Å². The molecule has 0 aliphatic heterocycles. The Bertz CT molecular complexity index is 605. The van der Waals surface area contributed by atoms with Crippen LogP contribution in [-0.2, 0) is 0 Å². The van der Waals surface area contributed by atoms with E-state index in [0.29, 0.717) is 11.3 Å². The number of hydrogen-bond donors (Lipinski definition) is 0. The highest BCUT2D eigenvalue weighted by Gasteiger charge is 2.13. The minimum atomic E-state index is 0.523. The summed E-state index contributed by atoms with van der Waals surface area (Å²) in [5.74, 6) is 0.676. The first-order valence-electron chi connectivity index (χ1n) is 4.39. The van der Waals surface area contributed by atoms with Crippen LogP contribution in [0.5, 0.6) is 5.75 Å². The van der Waals surface area contributed by atoms with E-state index in [2.05, 4.69) is 42.9 Å². The molecule has 0 spiro atoms. The summed E-state index contributed by atoms with van der Waals surface area (Å²) in [5, 5.41) is 10.7. The van der Waals surface area contributed by atoms with Crippen LogP contribution in [0, 0.1) is 11.3 Å². The van der Waals surface area contributed by atoms with Crippen molar-refractivity contribution in [1.29, 1.82) is 5.26 Å². The number of fused-ring (bicyclic) bond motifs is 1. The molecule has 0 amide bonds. The molecule has 0 aliphatic rings. The number of aromatic nitrogens is 1. The van der Waals surface area contributed by atoms with Crippen LogP contribution in [0.2, 0.25) is 0 Å². The molecule has 0 N–H and O–H groups in total. The van der Waals surface area contributed by atoms with Crippen LogP contribution in [0.1, 0.15) is 5.56 Å². The fourth-order valence-electron chi connectivity index (χ4n) is 1.52. The molecular weight excluding hydrogens is 336 g/mol. The molecule has 0 atom stereocenters. The molecule has 80 valence electrons. The van der Waals surface area contributed by atoms with Gasteiger partial charge in [0.2, 0.25) is 0 Å². The zero-order valence-electron chi connectivity index (χ0n) is 8.29. The quantitative estimate of drug-likeness (QED) is 0.795. The molecular formula is C11H6Br2N2O. The van der Waals surface area contributed by atoms with Gasteiger partial charge in [0.05, 0.1) is 21.6 Å². The summed E-state index contributed by atoms with van der Waals surface area (Å²) in [6.07, 6.45) is 3.26. The molecule has 16 heavy (non-hydrogen) atoms. The van der Waals surface area contributed by atoms with Gasteiger partial charge in [-0.15, -0.1) is 0 Å². The average molecular weight is 342 g/mol. The number of benzene rings is 1. The lowest BCUT2D eigenvalue weighted by atomic mass is 10.1. The highest BCUT2D eigenvalue weighted by Crippen LogP contribution is 2.40. The van der Waals surface area contributed by atoms with Crippen molar-refractivity contribution >= 4 is 42.6 Å². The Morgan fingerprint density at radius 2 is 2.12 bits per heavy atom. The molecule has 1 heterocycles. The summed E-state index contributed by atoms with van der Waals surface area (Å²) < 4.78 is 6.85. The Morgan fingerprint density at radius 3 is 2.75 bits per heavy atom. The van der Waals surface area contributed by atoms with Gasteiger partial charge in [0.15, 0.2) is 0 Å². The normalized spacial score (nSPS) is 10.1. The lowest BCUT2D eigenvalue weighted by molar-refractivity contribution is 0.410. The van der Waals surface area contributed by atoms with Gasteiger partial charge in [0.1, 0.15) is 11.8 Å². The maximum Gasteiger partial charge on any atom is 0.147 e. The Balaban J connectivity index is 2.96. The SMILES string of the molecule is COc1c(Br)cc2cncc(C#N)c2c1Br. The highest BCUT2D eigenvalue weighted by atomic mass is 79.9. The number of hydrogen-bond acceptors (Lipinski definition) is 3. The molecule has 2 rings (SSSR count). The first-order valence-corrected chi connectivity index (χ1v) is 5.97. The molecule has 1 aromatic carbocycles. The van der Waals surface area contributed by atoms with Gasteiger partial charge in [-0.25, -0.2) is 0 Å². The molecule has 0 aliphatic carbocycles. The summed E-state index contributed by atoms with van der Waals surface area (Å²) in [6.45, 7) is 0. The molecule has 0 radical (unpaired) electrons. The minimum absolute atomic E-state index is 0.523. The van der Waals surface area contributed by atoms with E-state index in [1.165, 1.54) is 0 Å². The van der Waals surface area contributed by atoms with E-state index in [-0.39, 0.29) is 0 Å². The second kappa shape index (κ2) is 4.40. The zero-order valence-corrected chi connectivity index (χ0v) is 11.5. The van der Waals surface area contributed by atoms with Crippen LogP contribution in [0.3, 0.4) is 0 Å². The molecule has 1 aromatic heterocycles. The monoisotopic (exact) mass is 340 g/mol. The maximum absolute atomic E-state index is 9.03. The predicted octanol–water partition coefficient (Wildman–Crippen LogP) is 3.64. The Kier molecular flexibility index (Phi) is 3.13. The fraction of sp³-hybridized carbons (Fsp3) is 0.0909. The van der Waals surface area contributed by atoms with Crippen LogP contribution in [0.25, 0.3) is 10.8 Å². The first-order chi connectivity index (χ1) is 7.69. The number of halogens is 2. The van der Waals surface area contributed by atoms with E-state index in [1.807, 2.05) is 6.07 Å². The Labute approximate surface area is 109 Å². The molecule has 0 saturated carbocycles. The van der Waals surface area contributed by atoms with Crippen molar-refractivity contribution in [3.05, 3.63) is 33.0 Å². The van der Waals surface area contributed by atoms with Gasteiger partial charge < -0.3 is 4.74 Å². The van der Waals surface area contributed by atoms with Gasteiger partial charge in [0, 0.05) is 23.2 Å². The smallest absolute Gasteiger partial charge is 0.147 e. The average Bonchev–Trinajstić information content (AvgIpc) is 2.28. The van der Waals surface area contributed by atoms with Crippen LogP contribution < -0.4 is 4.74 Å². The van der Waals surface area contributed by atoms with Gasteiger partial charge in [-0.05, 0) is 37.9 Å². The van der Waals surface area contributed by atoms with E-state index in [1.54, 1.807) is 19.5 Å². The van der Waals surface area contributed by atoms with E-state index >= 15 is 0 Å². The summed E-state index contributed by atoms with van der Waals surface area (Å²) in [4.78, 5) is 4.02. The van der Waals surface area contributed by atoms with Gasteiger partial charge in [-0.3, -0.25) is 4.98 Å². The second-order valence-corrected chi connectivity index (χ2v) is 4.75. The molecule has 3 nitrogen and oxygen atoms in total. The maximum atomic E-state index is 9.03. The molecule has 0 unspecified atom stereocenters. The van der Waals surface area contributed by atoms with Gasteiger partial charge >= 0.3 is 0 Å². The van der Waals surface area contributed by atoms with Crippen molar-refractivity contribution in [1.82, 2.24) is 4.98 Å². The number of pyridine rings is 1. The van der Waals surface area contributed by atoms with Crippen molar-refractivity contribution in [2.75, 3.05) is 7.11 Å². The van der Waals surface area contributed by atoms with E-state index in [0.717, 1.165) is 19.7 Å². The van der Waals surface area contributed by atoms with Gasteiger partial charge in [0.25, 0.3) is 0 Å². The van der Waals surface area contributed by atoms with Crippen LogP contribution in [0.15, 0.2) is 27.4 Å². The minimum Gasteiger partial charge on any atom is -0.494 e. The van der Waals surface area contributed by atoms with Crippen molar-refractivity contribution in [2.24, 2.45) is 0 Å². The van der Waals surface area contributed by atoms with Crippen molar-refractivity contribution in [2.45, 2.75) is 0 Å². The van der Waals surface area contributed by atoms with Crippen LogP contribution >= 0.6 is 31.9 Å². The summed E-state index contributed by atoms with van der Waals surface area (Å²) in [7, 11) is 1.59. The van der Waals surface area contributed by atoms with E-state index in [9.17, 15) is 0 Å². The largest absolute Gasteiger partial charge is 0.494 e. The summed E-state index contributed by atoms with van der Waals surface area (Å²) >= 11 is 6.86. The van der Waals surface area contributed by atoms with E-state index < -0.39 is 0 Å². The van der Waals surface area contributed by atoms with Crippen molar-refractivity contribution < 1.29 is 4.74 Å². The first kappa shape index (κ1) is 11.4. The van der Waals surface area contributed by atoms with Crippen LogP contribution in [0.4, 0.5) is 0 Å². The summed E-state index contributed by atoms with van der Waals surface area (Å²) in [5.41, 5.74) is 0.523. The lowest BCUT2D eigenvalue weighted by Gasteiger charge is -2.09. The van der Waals surface area contributed by atoms with Crippen molar-refractivity contribution in [3.63, 3.8) is 0 Å². The standard InChI is InChI=1S/C11H6Br2N2O/c1-16-11-8(12)2-6-4-15-5-7(3-14)9(6)10(11)13/h2,4-5H,1H3. The third kappa shape index (κ3) is 1.68. The highest BCUT2D eigenvalue weighted by molar-refractivity contribution is 9.11. The number of methoxy groups -OCH3 is 1. The third-order valence-corrected chi connectivity index (χ3v) is 3.56. The molecule has 5 heteroatoms. The molecule has 0 fully saturated rings. The lowest BCUT2D eigenvalue weighted by Crippen LogP contribution is -1.90.